The van der Waals surface area contributed by atoms with Gasteiger partial charge in [0.2, 0.25) is 5.91 Å². The topological polar surface area (TPSA) is 137 Å². The van der Waals surface area contributed by atoms with Gasteiger partial charge >= 0.3 is 5.97 Å². The van der Waals surface area contributed by atoms with E-state index in [1.165, 1.54) is 25.1 Å². The molecule has 1 aliphatic rings. The molecule has 0 saturated heterocycles. The largest absolute Gasteiger partial charge is 0.478 e. The first-order valence-corrected chi connectivity index (χ1v) is 8.55. The number of carboxylic acid groups (broad SMARTS) is 1. The average molecular weight is 390 g/mol. The van der Waals surface area contributed by atoms with E-state index in [1.54, 1.807) is 24.3 Å². The van der Waals surface area contributed by atoms with Crippen LogP contribution in [0.15, 0.2) is 42.5 Å². The normalized spacial score (nSPS) is 12.4. The van der Waals surface area contributed by atoms with Crippen molar-refractivity contribution in [2.75, 3.05) is 16.0 Å². The third-order valence-corrected chi connectivity index (χ3v) is 4.35. The zero-order valence-electron chi connectivity index (χ0n) is 15.1. The number of nitrogens with zero attached hydrogens (tertiary/aromatic N) is 1. The minimum Gasteiger partial charge on any atom is -0.478 e. The molecule has 2 heterocycles. The molecule has 0 aliphatic carbocycles. The van der Waals surface area contributed by atoms with E-state index in [0.29, 0.717) is 22.3 Å². The van der Waals surface area contributed by atoms with Crippen molar-refractivity contribution in [1.82, 2.24) is 4.98 Å². The van der Waals surface area contributed by atoms with Gasteiger partial charge in [0.1, 0.15) is 5.82 Å². The number of ketones is 1. The van der Waals surface area contributed by atoms with E-state index in [2.05, 4.69) is 20.9 Å². The van der Waals surface area contributed by atoms with Gasteiger partial charge in [-0.25, -0.2) is 9.78 Å². The van der Waals surface area contributed by atoms with Gasteiger partial charge in [-0.1, -0.05) is 6.07 Å². The summed E-state index contributed by atoms with van der Waals surface area (Å²) in [5.74, 6) is -2.77. The molecule has 3 aromatic rings. The van der Waals surface area contributed by atoms with Crippen molar-refractivity contribution in [1.29, 1.82) is 0 Å². The summed E-state index contributed by atoms with van der Waals surface area (Å²) in [6.45, 7) is 1.38. The molecule has 0 saturated carbocycles. The van der Waals surface area contributed by atoms with Crippen molar-refractivity contribution in [3.63, 3.8) is 0 Å². The summed E-state index contributed by atoms with van der Waals surface area (Å²) in [6, 6.07) is 11.0. The van der Waals surface area contributed by atoms with E-state index in [-0.39, 0.29) is 28.5 Å². The Balaban J connectivity index is 1.85. The van der Waals surface area contributed by atoms with Crippen molar-refractivity contribution in [2.24, 2.45) is 0 Å². The predicted octanol–water partition coefficient (Wildman–Crippen LogP) is 2.77. The van der Waals surface area contributed by atoms with Crippen LogP contribution in [0.3, 0.4) is 0 Å². The van der Waals surface area contributed by atoms with E-state index in [4.69, 9.17) is 0 Å². The number of aromatic nitrogens is 1. The van der Waals surface area contributed by atoms with Crippen molar-refractivity contribution in [3.05, 3.63) is 53.6 Å². The molecule has 1 aliphatic heterocycles. The number of fused-ring (bicyclic) bond motifs is 3. The van der Waals surface area contributed by atoms with Crippen LogP contribution in [0.25, 0.3) is 10.9 Å². The smallest absolute Gasteiger partial charge is 0.335 e. The molecule has 4 rings (SSSR count). The standard InChI is InChI=1S/C20H14N4O5/c1-9(25)21-11-3-2-4-12(8-11)22-18-15-16(24-19(27)17(15)26)13-6-5-10(20(28)29)7-14(13)23-18/h2-8H,1H3,(H,21,25)(H,22,23)(H,28,29)(H,24,26,27). The van der Waals surface area contributed by atoms with Crippen LogP contribution in [0.5, 0.6) is 0 Å². The first-order valence-electron chi connectivity index (χ1n) is 8.55. The van der Waals surface area contributed by atoms with Crippen LogP contribution in [0.1, 0.15) is 27.6 Å². The number of pyridine rings is 1. The highest BCUT2D eigenvalue weighted by Gasteiger charge is 2.34. The summed E-state index contributed by atoms with van der Waals surface area (Å²) in [7, 11) is 0. The molecule has 2 amide bonds. The highest BCUT2D eigenvalue weighted by molar-refractivity contribution is 6.54. The van der Waals surface area contributed by atoms with Gasteiger partial charge in [-0.3, -0.25) is 14.4 Å². The number of anilines is 4. The fourth-order valence-electron chi connectivity index (χ4n) is 3.14. The molecule has 0 spiro atoms. The number of carbonyl (C=O) groups excluding carboxylic acids is 3. The summed E-state index contributed by atoms with van der Waals surface area (Å²) in [5, 5.41) is 17.9. The Morgan fingerprint density at radius 1 is 1.07 bits per heavy atom. The van der Waals surface area contributed by atoms with Crippen LogP contribution in [0.4, 0.5) is 22.9 Å². The third-order valence-electron chi connectivity index (χ3n) is 4.35. The number of carboxylic acids is 1. The van der Waals surface area contributed by atoms with Crippen molar-refractivity contribution < 1.29 is 24.3 Å². The minimum atomic E-state index is -1.12. The van der Waals surface area contributed by atoms with Gasteiger partial charge in [-0.05, 0) is 36.4 Å². The lowest BCUT2D eigenvalue weighted by Crippen LogP contribution is -2.13. The molecular weight excluding hydrogens is 376 g/mol. The van der Waals surface area contributed by atoms with Crippen molar-refractivity contribution in [2.45, 2.75) is 6.92 Å². The number of carbonyl (C=O) groups is 4. The van der Waals surface area contributed by atoms with E-state index in [0.717, 1.165) is 0 Å². The Bertz CT molecular complexity index is 1240. The Labute approximate surface area is 163 Å². The number of rotatable bonds is 4. The Morgan fingerprint density at radius 3 is 2.55 bits per heavy atom. The van der Waals surface area contributed by atoms with Crippen LogP contribution in [-0.4, -0.2) is 33.7 Å². The monoisotopic (exact) mass is 390 g/mol. The molecule has 0 fully saturated rings. The summed E-state index contributed by atoms with van der Waals surface area (Å²) in [4.78, 5) is 51.3. The maximum atomic E-state index is 12.4. The molecule has 2 aromatic carbocycles. The highest BCUT2D eigenvalue weighted by atomic mass is 16.4. The number of nitrogens with one attached hydrogen (secondary N) is 3. The second-order valence-electron chi connectivity index (χ2n) is 6.42. The van der Waals surface area contributed by atoms with Crippen molar-refractivity contribution >= 4 is 57.3 Å². The Hall–Kier alpha value is -4.27. The molecule has 144 valence electrons. The number of hydrogen-bond donors (Lipinski definition) is 4. The number of amides is 2. The molecule has 4 N–H and O–H groups in total. The lowest BCUT2D eigenvalue weighted by molar-refractivity contribution is -0.114. The van der Waals surface area contributed by atoms with Crippen molar-refractivity contribution in [3.8, 4) is 0 Å². The van der Waals surface area contributed by atoms with Gasteiger partial charge in [-0.15, -0.1) is 0 Å². The number of Topliss-reactive ketones (excluding diaryl/α,β-unsaturated/α-hetero) is 1. The average Bonchev–Trinajstić information content (AvgIpc) is 2.96. The molecule has 0 atom stereocenters. The predicted molar refractivity (Wildman–Crippen MR) is 106 cm³/mol. The minimum absolute atomic E-state index is 0.0270. The molecule has 1 aromatic heterocycles. The van der Waals surface area contributed by atoms with E-state index in [9.17, 15) is 24.3 Å². The zero-order valence-corrected chi connectivity index (χ0v) is 15.1. The first-order chi connectivity index (χ1) is 13.8. The summed E-state index contributed by atoms with van der Waals surface area (Å²) >= 11 is 0. The van der Waals surface area contributed by atoms with Gasteiger partial charge in [-0.2, -0.15) is 0 Å². The van der Waals surface area contributed by atoms with Gasteiger partial charge in [0, 0.05) is 23.7 Å². The number of aromatic carboxylic acids is 1. The highest BCUT2D eigenvalue weighted by Crippen LogP contribution is 2.37. The second kappa shape index (κ2) is 6.71. The zero-order chi connectivity index (χ0) is 20.7. The third kappa shape index (κ3) is 3.25. The number of benzene rings is 2. The van der Waals surface area contributed by atoms with E-state index >= 15 is 0 Å². The molecule has 0 bridgehead atoms. The maximum Gasteiger partial charge on any atom is 0.335 e. The van der Waals surface area contributed by atoms with Crippen LogP contribution in [0.2, 0.25) is 0 Å². The van der Waals surface area contributed by atoms with Gasteiger partial charge in [0.05, 0.1) is 22.3 Å². The van der Waals surface area contributed by atoms with Gasteiger partial charge in [0.25, 0.3) is 11.7 Å². The summed E-state index contributed by atoms with van der Waals surface area (Å²) in [5.41, 5.74) is 1.75. The van der Waals surface area contributed by atoms with Crippen LogP contribution >= 0.6 is 0 Å². The maximum absolute atomic E-state index is 12.4. The lowest BCUT2D eigenvalue weighted by Gasteiger charge is -2.13. The SMILES string of the molecule is CC(=O)Nc1cccc(Nc2nc3cc(C(=O)O)ccc3c3c2C(=O)C(=O)N3)c1. The molecule has 9 nitrogen and oxygen atoms in total. The second-order valence-corrected chi connectivity index (χ2v) is 6.42. The number of hydrogen-bond acceptors (Lipinski definition) is 6. The van der Waals surface area contributed by atoms with Crippen LogP contribution in [-0.2, 0) is 9.59 Å². The fourth-order valence-corrected chi connectivity index (χ4v) is 3.14. The van der Waals surface area contributed by atoms with Gasteiger partial charge in [0.15, 0.2) is 0 Å². The van der Waals surface area contributed by atoms with Crippen LogP contribution < -0.4 is 16.0 Å². The summed E-state index contributed by atoms with van der Waals surface area (Å²) < 4.78 is 0. The first kappa shape index (κ1) is 18.1. The van der Waals surface area contributed by atoms with Gasteiger partial charge < -0.3 is 21.1 Å². The molecule has 0 unspecified atom stereocenters. The summed E-state index contributed by atoms with van der Waals surface area (Å²) in [6.07, 6.45) is 0. The molecule has 29 heavy (non-hydrogen) atoms. The molecular formula is C20H14N4O5. The van der Waals surface area contributed by atoms with E-state index in [1.807, 2.05) is 0 Å². The fraction of sp³-hybridized carbons (Fsp3) is 0.0500. The van der Waals surface area contributed by atoms with Crippen LogP contribution in [0, 0.1) is 0 Å². The molecule has 0 radical (unpaired) electrons. The van der Waals surface area contributed by atoms with E-state index < -0.39 is 17.7 Å². The lowest BCUT2D eigenvalue weighted by atomic mass is 10.1. The quantitative estimate of drug-likeness (QED) is 0.503. The Kier molecular flexibility index (Phi) is 4.19. The Morgan fingerprint density at radius 2 is 1.83 bits per heavy atom. The molecule has 9 heteroatoms.